The molecule has 1 spiro atoms. The van der Waals surface area contributed by atoms with Crippen LogP contribution in [0.4, 0.5) is 0 Å². The molecule has 5 nitrogen and oxygen atoms in total. The number of nitrogens with zero attached hydrogens (tertiary/aromatic N) is 3. The van der Waals surface area contributed by atoms with E-state index in [0.29, 0.717) is 18.5 Å². The molecule has 2 aliphatic rings. The van der Waals surface area contributed by atoms with Crippen LogP contribution in [0.1, 0.15) is 48.2 Å². The third-order valence-corrected chi connectivity index (χ3v) is 5.12. The first kappa shape index (κ1) is 15.0. The Labute approximate surface area is 131 Å². The summed E-state index contributed by atoms with van der Waals surface area (Å²) in [6.45, 7) is 3.31. The summed E-state index contributed by atoms with van der Waals surface area (Å²) in [6, 6.07) is 3.70. The smallest absolute Gasteiger partial charge is 0.255 e. The Morgan fingerprint density at radius 3 is 2.77 bits per heavy atom. The average molecular weight is 301 g/mol. The summed E-state index contributed by atoms with van der Waals surface area (Å²) in [7, 11) is 1.89. The Bertz CT molecular complexity index is 580. The number of rotatable bonds is 1. The van der Waals surface area contributed by atoms with Crippen molar-refractivity contribution in [1.82, 2.24) is 14.8 Å². The van der Waals surface area contributed by atoms with Crippen molar-refractivity contribution in [2.75, 3.05) is 20.1 Å². The van der Waals surface area contributed by atoms with Gasteiger partial charge in [-0.3, -0.25) is 14.6 Å². The van der Waals surface area contributed by atoms with Crippen molar-refractivity contribution in [3.8, 4) is 0 Å². The van der Waals surface area contributed by atoms with Gasteiger partial charge in [-0.2, -0.15) is 0 Å². The zero-order valence-electron chi connectivity index (χ0n) is 13.3. The van der Waals surface area contributed by atoms with Gasteiger partial charge in [0.15, 0.2) is 0 Å². The predicted octanol–water partition coefficient (Wildman–Crippen LogP) is 2.01. The molecule has 5 heteroatoms. The predicted molar refractivity (Wildman–Crippen MR) is 83.5 cm³/mol. The molecule has 2 saturated heterocycles. The third-order valence-electron chi connectivity index (χ3n) is 5.12. The summed E-state index contributed by atoms with van der Waals surface area (Å²) in [6.07, 6.45) is 6.14. The molecule has 0 unspecified atom stereocenters. The molecule has 2 aliphatic heterocycles. The van der Waals surface area contributed by atoms with E-state index in [9.17, 15) is 9.59 Å². The number of aryl methyl sites for hydroxylation is 1. The lowest BCUT2D eigenvalue weighted by atomic mass is 9.80. The Hall–Kier alpha value is -1.91. The second kappa shape index (κ2) is 5.71. The SMILES string of the molecule is Cc1ccc(C(=O)N2CCC[C@]3(CCCC(=O)N3C)C2)cn1. The van der Waals surface area contributed by atoms with Crippen LogP contribution in [0.5, 0.6) is 0 Å². The Morgan fingerprint density at radius 1 is 1.27 bits per heavy atom. The number of hydrogen-bond acceptors (Lipinski definition) is 3. The van der Waals surface area contributed by atoms with E-state index in [1.807, 2.05) is 35.9 Å². The van der Waals surface area contributed by atoms with Gasteiger partial charge in [-0.25, -0.2) is 0 Å². The average Bonchev–Trinajstić information content (AvgIpc) is 2.53. The number of pyridine rings is 1. The first-order valence-corrected chi connectivity index (χ1v) is 8.00. The fraction of sp³-hybridized carbons (Fsp3) is 0.588. The Kier molecular flexibility index (Phi) is 3.89. The van der Waals surface area contributed by atoms with Crippen molar-refractivity contribution in [2.45, 2.75) is 44.6 Å². The Balaban J connectivity index is 1.79. The number of likely N-dealkylation sites (tertiary alicyclic amines) is 2. The van der Waals surface area contributed by atoms with Crippen molar-refractivity contribution in [2.24, 2.45) is 0 Å². The van der Waals surface area contributed by atoms with E-state index >= 15 is 0 Å². The first-order valence-electron chi connectivity index (χ1n) is 8.00. The van der Waals surface area contributed by atoms with Crippen molar-refractivity contribution in [1.29, 1.82) is 0 Å². The van der Waals surface area contributed by atoms with Crippen LogP contribution in [0.15, 0.2) is 18.3 Å². The maximum atomic E-state index is 12.7. The molecule has 3 rings (SSSR count). The summed E-state index contributed by atoms with van der Waals surface area (Å²) in [5.41, 5.74) is 1.37. The van der Waals surface area contributed by atoms with Crippen molar-refractivity contribution in [3.63, 3.8) is 0 Å². The van der Waals surface area contributed by atoms with Crippen LogP contribution in [-0.2, 0) is 4.79 Å². The van der Waals surface area contributed by atoms with Gasteiger partial charge < -0.3 is 9.80 Å². The molecule has 1 aromatic rings. The largest absolute Gasteiger partial charge is 0.338 e. The normalized spacial score (nSPS) is 25.6. The van der Waals surface area contributed by atoms with Gasteiger partial charge in [0.25, 0.3) is 5.91 Å². The van der Waals surface area contributed by atoms with Crippen molar-refractivity contribution < 1.29 is 9.59 Å². The van der Waals surface area contributed by atoms with Gasteiger partial charge in [0.1, 0.15) is 0 Å². The van der Waals surface area contributed by atoms with Gasteiger partial charge in [0.2, 0.25) is 5.91 Å². The zero-order valence-corrected chi connectivity index (χ0v) is 13.3. The molecule has 1 aromatic heterocycles. The molecular weight excluding hydrogens is 278 g/mol. The number of hydrogen-bond donors (Lipinski definition) is 0. The minimum absolute atomic E-state index is 0.0259. The summed E-state index contributed by atoms with van der Waals surface area (Å²) in [5, 5.41) is 0. The second-order valence-electron chi connectivity index (χ2n) is 6.55. The van der Waals surface area contributed by atoms with Crippen LogP contribution in [0.25, 0.3) is 0 Å². The molecule has 3 heterocycles. The van der Waals surface area contributed by atoms with Gasteiger partial charge in [-0.15, -0.1) is 0 Å². The first-order chi connectivity index (χ1) is 10.5. The minimum Gasteiger partial charge on any atom is -0.338 e. The Morgan fingerprint density at radius 2 is 2.05 bits per heavy atom. The molecule has 0 N–H and O–H groups in total. The third kappa shape index (κ3) is 2.60. The van der Waals surface area contributed by atoms with E-state index in [-0.39, 0.29) is 17.4 Å². The second-order valence-corrected chi connectivity index (χ2v) is 6.55. The van der Waals surface area contributed by atoms with Gasteiger partial charge in [-0.05, 0) is 44.7 Å². The summed E-state index contributed by atoms with van der Waals surface area (Å²) in [5.74, 6) is 0.232. The molecule has 0 bridgehead atoms. The van der Waals surface area contributed by atoms with E-state index in [2.05, 4.69) is 4.98 Å². The molecule has 0 aromatic carbocycles. The van der Waals surface area contributed by atoms with E-state index in [1.165, 1.54) is 0 Å². The highest BCUT2D eigenvalue weighted by Crippen LogP contribution is 2.36. The van der Waals surface area contributed by atoms with Crippen LogP contribution < -0.4 is 0 Å². The molecule has 1 atom stereocenters. The summed E-state index contributed by atoms with van der Waals surface area (Å²) in [4.78, 5) is 32.8. The van der Waals surface area contributed by atoms with E-state index < -0.39 is 0 Å². The monoisotopic (exact) mass is 301 g/mol. The van der Waals surface area contributed by atoms with Crippen LogP contribution >= 0.6 is 0 Å². The van der Waals surface area contributed by atoms with Gasteiger partial charge in [0.05, 0.1) is 11.1 Å². The number of carbonyl (C=O) groups is 2. The van der Waals surface area contributed by atoms with Gasteiger partial charge in [0, 0.05) is 38.4 Å². The fourth-order valence-electron chi connectivity index (χ4n) is 3.71. The van der Waals surface area contributed by atoms with Crippen LogP contribution in [-0.4, -0.2) is 52.3 Å². The topological polar surface area (TPSA) is 53.5 Å². The highest BCUT2D eigenvalue weighted by molar-refractivity contribution is 5.94. The van der Waals surface area contributed by atoms with Gasteiger partial charge in [-0.1, -0.05) is 0 Å². The minimum atomic E-state index is -0.165. The zero-order chi connectivity index (χ0) is 15.7. The molecule has 2 amide bonds. The van der Waals surface area contributed by atoms with Gasteiger partial charge >= 0.3 is 0 Å². The number of amides is 2. The molecule has 0 saturated carbocycles. The number of likely N-dealkylation sites (N-methyl/N-ethyl adjacent to an activating group) is 1. The highest BCUT2D eigenvalue weighted by Gasteiger charge is 2.44. The molecule has 2 fully saturated rings. The molecule has 0 radical (unpaired) electrons. The number of carbonyl (C=O) groups excluding carboxylic acids is 2. The van der Waals surface area contributed by atoms with E-state index in [0.717, 1.165) is 37.9 Å². The van der Waals surface area contributed by atoms with Crippen LogP contribution in [0, 0.1) is 6.92 Å². The van der Waals surface area contributed by atoms with Crippen LogP contribution in [0.2, 0.25) is 0 Å². The summed E-state index contributed by atoms with van der Waals surface area (Å²) >= 11 is 0. The maximum Gasteiger partial charge on any atom is 0.255 e. The molecular formula is C17H23N3O2. The summed E-state index contributed by atoms with van der Waals surface area (Å²) < 4.78 is 0. The quantitative estimate of drug-likeness (QED) is 0.797. The van der Waals surface area contributed by atoms with Crippen molar-refractivity contribution in [3.05, 3.63) is 29.6 Å². The molecule has 0 aliphatic carbocycles. The van der Waals surface area contributed by atoms with Crippen LogP contribution in [0.3, 0.4) is 0 Å². The number of piperidine rings is 2. The fourth-order valence-corrected chi connectivity index (χ4v) is 3.71. The van der Waals surface area contributed by atoms with Crippen molar-refractivity contribution >= 4 is 11.8 Å². The number of aromatic nitrogens is 1. The molecule has 22 heavy (non-hydrogen) atoms. The maximum absolute atomic E-state index is 12.7. The standard InChI is InChI=1S/C17H23N3O2/c1-13-6-7-14(11-18-13)16(22)20-10-4-9-17(12-20)8-3-5-15(21)19(17)2/h6-7,11H,3-5,8-10,12H2,1-2H3/t17-/m1/s1. The lowest BCUT2D eigenvalue weighted by Gasteiger charge is -2.50. The lowest BCUT2D eigenvalue weighted by Crippen LogP contribution is -2.61. The van der Waals surface area contributed by atoms with E-state index in [4.69, 9.17) is 0 Å². The highest BCUT2D eigenvalue weighted by atomic mass is 16.2. The lowest BCUT2D eigenvalue weighted by molar-refractivity contribution is -0.142. The van der Waals surface area contributed by atoms with E-state index in [1.54, 1.807) is 6.20 Å². The molecule has 118 valence electrons.